The average molecular weight is 404 g/mol. The lowest BCUT2D eigenvalue weighted by Gasteiger charge is -2.31. The van der Waals surface area contributed by atoms with E-state index in [2.05, 4.69) is 58.3 Å². The highest BCUT2D eigenvalue weighted by Gasteiger charge is 2.16. The Labute approximate surface area is 178 Å². The molecule has 156 valence electrons. The summed E-state index contributed by atoms with van der Waals surface area (Å²) in [6, 6.07) is 14.5. The molecule has 3 heterocycles. The van der Waals surface area contributed by atoms with E-state index >= 15 is 0 Å². The van der Waals surface area contributed by atoms with Crippen LogP contribution in [-0.2, 0) is 17.8 Å². The van der Waals surface area contributed by atoms with Crippen LogP contribution in [0.2, 0.25) is 0 Å². The van der Waals surface area contributed by atoms with E-state index in [-0.39, 0.29) is 0 Å². The van der Waals surface area contributed by atoms with Crippen molar-refractivity contribution in [2.24, 2.45) is 0 Å². The number of benzene rings is 1. The van der Waals surface area contributed by atoms with Crippen molar-refractivity contribution in [2.75, 3.05) is 25.0 Å². The molecule has 2 aromatic heterocycles. The Morgan fingerprint density at radius 3 is 2.77 bits per heavy atom. The van der Waals surface area contributed by atoms with Gasteiger partial charge in [-0.05, 0) is 44.0 Å². The molecule has 0 saturated carbocycles. The monoisotopic (exact) mass is 403 g/mol. The lowest BCUT2D eigenvalue weighted by atomic mass is 10.1. The molecule has 0 aliphatic carbocycles. The Morgan fingerprint density at radius 1 is 1.10 bits per heavy atom. The van der Waals surface area contributed by atoms with Crippen LogP contribution >= 0.6 is 0 Å². The molecular weight excluding hydrogens is 374 g/mol. The fourth-order valence-electron chi connectivity index (χ4n) is 3.73. The first-order valence-electron chi connectivity index (χ1n) is 10.5. The summed E-state index contributed by atoms with van der Waals surface area (Å²) in [5.41, 5.74) is 5.37. The number of aromatic nitrogens is 3. The quantitative estimate of drug-likeness (QED) is 0.671. The number of rotatable bonds is 6. The Morgan fingerprint density at radius 2 is 1.97 bits per heavy atom. The number of ether oxygens (including phenoxy) is 1. The average Bonchev–Trinajstić information content (AvgIpc) is 2.75. The third-order valence-corrected chi connectivity index (χ3v) is 5.47. The molecule has 30 heavy (non-hydrogen) atoms. The number of nitrogens with one attached hydrogen (secondary N) is 1. The maximum Gasteiger partial charge on any atom is 0.180 e. The van der Waals surface area contributed by atoms with Crippen LogP contribution in [0.3, 0.4) is 0 Å². The first-order chi connectivity index (χ1) is 14.6. The first-order valence-corrected chi connectivity index (χ1v) is 10.5. The molecule has 0 radical (unpaired) electrons. The van der Waals surface area contributed by atoms with Crippen LogP contribution in [0.4, 0.5) is 5.82 Å². The minimum Gasteiger partial charge on any atom is -0.376 e. The predicted octanol–water partition coefficient (Wildman–Crippen LogP) is 3.99. The summed E-state index contributed by atoms with van der Waals surface area (Å²) in [5, 5.41) is 3.51. The van der Waals surface area contributed by atoms with Crippen molar-refractivity contribution in [3.05, 3.63) is 71.0 Å². The fourth-order valence-corrected chi connectivity index (χ4v) is 3.73. The smallest absolute Gasteiger partial charge is 0.180 e. The highest BCUT2D eigenvalue weighted by atomic mass is 16.5. The minimum absolute atomic E-state index is 0.306. The number of pyridine rings is 1. The summed E-state index contributed by atoms with van der Waals surface area (Å²) in [6.07, 6.45) is 2.07. The second-order valence-corrected chi connectivity index (χ2v) is 7.91. The van der Waals surface area contributed by atoms with Gasteiger partial charge in [-0.3, -0.25) is 9.88 Å². The van der Waals surface area contributed by atoms with E-state index in [0.29, 0.717) is 18.5 Å². The Balaban J connectivity index is 1.46. The highest BCUT2D eigenvalue weighted by molar-refractivity contribution is 5.56. The number of hydrogen-bond donors (Lipinski definition) is 1. The van der Waals surface area contributed by atoms with Crippen LogP contribution in [0.15, 0.2) is 48.7 Å². The summed E-state index contributed by atoms with van der Waals surface area (Å²) < 4.78 is 5.65. The largest absolute Gasteiger partial charge is 0.376 e. The third-order valence-electron chi connectivity index (χ3n) is 5.47. The zero-order chi connectivity index (χ0) is 20.9. The Hall–Kier alpha value is -2.83. The van der Waals surface area contributed by atoms with Gasteiger partial charge in [0.1, 0.15) is 11.5 Å². The second kappa shape index (κ2) is 9.32. The number of anilines is 1. The van der Waals surface area contributed by atoms with Crippen LogP contribution in [0.25, 0.3) is 11.5 Å². The van der Waals surface area contributed by atoms with E-state index in [9.17, 15) is 0 Å². The van der Waals surface area contributed by atoms with Crippen molar-refractivity contribution in [3.63, 3.8) is 0 Å². The van der Waals surface area contributed by atoms with Gasteiger partial charge < -0.3 is 10.1 Å². The third kappa shape index (κ3) is 5.01. The number of nitrogens with zero attached hydrogens (tertiary/aromatic N) is 4. The maximum atomic E-state index is 5.65. The maximum absolute atomic E-state index is 5.65. The van der Waals surface area contributed by atoms with Gasteiger partial charge in [-0.1, -0.05) is 30.3 Å². The highest BCUT2D eigenvalue weighted by Crippen LogP contribution is 2.21. The molecule has 3 aromatic rings. The Bertz CT molecular complexity index is 992. The van der Waals surface area contributed by atoms with Gasteiger partial charge in [-0.2, -0.15) is 0 Å². The van der Waals surface area contributed by atoms with Gasteiger partial charge >= 0.3 is 0 Å². The molecule has 1 aromatic carbocycles. The van der Waals surface area contributed by atoms with Crippen LogP contribution in [0.1, 0.15) is 29.3 Å². The van der Waals surface area contributed by atoms with Gasteiger partial charge in [0.05, 0.1) is 12.7 Å². The van der Waals surface area contributed by atoms with E-state index < -0.39 is 0 Å². The predicted molar refractivity (Wildman–Crippen MR) is 119 cm³/mol. The molecule has 0 spiro atoms. The van der Waals surface area contributed by atoms with E-state index in [0.717, 1.165) is 49.0 Å². The number of morpholine rings is 1. The lowest BCUT2D eigenvalue weighted by molar-refractivity contribution is -0.0212. The van der Waals surface area contributed by atoms with Crippen LogP contribution in [-0.4, -0.2) is 45.7 Å². The fraction of sp³-hybridized carbons (Fsp3) is 0.375. The van der Waals surface area contributed by atoms with E-state index in [1.807, 2.05) is 25.1 Å². The zero-order valence-corrected chi connectivity index (χ0v) is 17.9. The molecular formula is C24H29N5O. The van der Waals surface area contributed by atoms with E-state index in [1.54, 1.807) is 6.20 Å². The molecule has 6 nitrogen and oxygen atoms in total. The van der Waals surface area contributed by atoms with Crippen LogP contribution < -0.4 is 5.32 Å². The SMILES string of the molecule is Cc1nc(-c2ccccn2)nc(NCc2cccc(CN3CCOC(C)C3)c2)c1C. The van der Waals surface area contributed by atoms with Gasteiger partial charge in [-0.25, -0.2) is 9.97 Å². The van der Waals surface area contributed by atoms with Gasteiger partial charge in [0.15, 0.2) is 5.82 Å². The van der Waals surface area contributed by atoms with Crippen molar-refractivity contribution in [2.45, 2.75) is 40.0 Å². The molecule has 4 rings (SSSR count). The minimum atomic E-state index is 0.306. The van der Waals surface area contributed by atoms with Crippen molar-refractivity contribution in [3.8, 4) is 11.5 Å². The zero-order valence-electron chi connectivity index (χ0n) is 17.9. The normalized spacial score (nSPS) is 17.1. The number of hydrogen-bond acceptors (Lipinski definition) is 6. The van der Waals surface area contributed by atoms with Crippen molar-refractivity contribution in [1.29, 1.82) is 0 Å². The van der Waals surface area contributed by atoms with E-state index in [4.69, 9.17) is 9.72 Å². The van der Waals surface area contributed by atoms with Crippen molar-refractivity contribution < 1.29 is 4.74 Å². The molecule has 0 amide bonds. The van der Waals surface area contributed by atoms with Crippen molar-refractivity contribution >= 4 is 5.82 Å². The summed E-state index contributed by atoms with van der Waals surface area (Å²) in [4.78, 5) is 16.2. The van der Waals surface area contributed by atoms with Crippen LogP contribution in [0, 0.1) is 13.8 Å². The van der Waals surface area contributed by atoms with E-state index in [1.165, 1.54) is 11.1 Å². The molecule has 1 unspecified atom stereocenters. The van der Waals surface area contributed by atoms with Crippen LogP contribution in [0.5, 0.6) is 0 Å². The lowest BCUT2D eigenvalue weighted by Crippen LogP contribution is -2.40. The van der Waals surface area contributed by atoms with Gasteiger partial charge in [0, 0.05) is 43.6 Å². The molecule has 1 atom stereocenters. The topological polar surface area (TPSA) is 63.2 Å². The molecule has 1 fully saturated rings. The molecule has 1 saturated heterocycles. The van der Waals surface area contributed by atoms with Gasteiger partial charge in [0.2, 0.25) is 0 Å². The molecule has 1 aliphatic rings. The van der Waals surface area contributed by atoms with Gasteiger partial charge in [-0.15, -0.1) is 0 Å². The summed E-state index contributed by atoms with van der Waals surface area (Å²) in [6.45, 7) is 10.7. The molecule has 1 N–H and O–H groups in total. The molecule has 1 aliphatic heterocycles. The standard InChI is InChI=1S/C24H29N5O/c1-17-15-29(11-12-30-17)16-21-8-6-7-20(13-21)14-26-23-18(2)19(3)27-24(28-23)22-9-4-5-10-25-22/h4-10,13,17H,11-12,14-16H2,1-3H3,(H,26,27,28). The molecule has 6 heteroatoms. The molecule has 0 bridgehead atoms. The summed E-state index contributed by atoms with van der Waals surface area (Å²) in [7, 11) is 0. The summed E-state index contributed by atoms with van der Waals surface area (Å²) in [5.74, 6) is 1.51. The Kier molecular flexibility index (Phi) is 6.35. The number of aryl methyl sites for hydroxylation is 1. The second-order valence-electron chi connectivity index (χ2n) is 7.91. The van der Waals surface area contributed by atoms with Gasteiger partial charge in [0.25, 0.3) is 0 Å². The summed E-state index contributed by atoms with van der Waals surface area (Å²) >= 11 is 0. The van der Waals surface area contributed by atoms with Crippen molar-refractivity contribution in [1.82, 2.24) is 19.9 Å². The first kappa shape index (κ1) is 20.4.